The third-order valence-corrected chi connectivity index (χ3v) is 7.29. The third kappa shape index (κ3) is 3.26. The lowest BCUT2D eigenvalue weighted by molar-refractivity contribution is 0.111. The summed E-state index contributed by atoms with van der Waals surface area (Å²) in [6.45, 7) is 2.58. The average Bonchev–Trinajstić information content (AvgIpc) is 3.02. The Bertz CT molecular complexity index is 903. The van der Waals surface area contributed by atoms with Crippen LogP contribution in [-0.2, 0) is 10.0 Å². The molecule has 0 bridgehead atoms. The van der Waals surface area contributed by atoms with Crippen molar-refractivity contribution in [2.75, 3.05) is 26.2 Å². The lowest BCUT2D eigenvalue weighted by Gasteiger charge is -2.40. The summed E-state index contributed by atoms with van der Waals surface area (Å²) >= 11 is 0. The molecule has 2 aliphatic rings. The van der Waals surface area contributed by atoms with E-state index in [0.29, 0.717) is 24.6 Å². The van der Waals surface area contributed by atoms with Crippen molar-refractivity contribution in [2.45, 2.75) is 43.0 Å². The molecular weight excluding hydrogens is 342 g/mol. The lowest BCUT2D eigenvalue weighted by atomic mass is 9.94. The molecule has 8 heteroatoms. The first-order chi connectivity index (χ1) is 12.0. The van der Waals surface area contributed by atoms with Crippen molar-refractivity contribution in [1.82, 2.24) is 14.2 Å². The van der Waals surface area contributed by atoms with Crippen LogP contribution in [0.2, 0.25) is 0 Å². The van der Waals surface area contributed by atoms with Crippen molar-refractivity contribution in [3.05, 3.63) is 28.7 Å². The lowest BCUT2D eigenvalue weighted by Crippen LogP contribution is -2.52. The van der Waals surface area contributed by atoms with E-state index in [1.807, 2.05) is 0 Å². The molecule has 1 saturated heterocycles. The molecule has 2 fully saturated rings. The summed E-state index contributed by atoms with van der Waals surface area (Å²) in [6.07, 6.45) is 6.35. The summed E-state index contributed by atoms with van der Waals surface area (Å²) in [4.78, 5) is 16.4. The van der Waals surface area contributed by atoms with Gasteiger partial charge in [-0.2, -0.15) is 4.31 Å². The molecule has 0 radical (unpaired) electrons. The highest BCUT2D eigenvalue weighted by Crippen LogP contribution is 2.26. The van der Waals surface area contributed by atoms with Crippen LogP contribution in [0.4, 0.5) is 0 Å². The Balaban J connectivity index is 1.49. The molecule has 4 rings (SSSR count). The standard InChI is InChI=1S/C17H23N3O4S/c21-17-18-15-7-6-14(12-16(15)24-17)25(22,23)20-10-8-19(9-11-20)13-4-2-1-3-5-13/h6-7,12-13H,1-5,8-11H2,(H,18,21). The normalized spacial score (nSPS) is 21.8. The van der Waals surface area contributed by atoms with Gasteiger partial charge in [-0.3, -0.25) is 9.88 Å². The predicted octanol–water partition coefficient (Wildman–Crippen LogP) is 1.76. The molecule has 136 valence electrons. The topological polar surface area (TPSA) is 86.6 Å². The molecule has 1 aromatic carbocycles. The Kier molecular flexibility index (Phi) is 4.43. The molecule has 1 aliphatic carbocycles. The van der Waals surface area contributed by atoms with Gasteiger partial charge in [0.25, 0.3) is 0 Å². The number of aromatic nitrogens is 1. The number of aromatic amines is 1. The number of benzene rings is 1. The second-order valence-corrected chi connectivity index (χ2v) is 8.84. The molecule has 0 spiro atoms. The zero-order chi connectivity index (χ0) is 17.4. The highest BCUT2D eigenvalue weighted by Gasteiger charge is 2.31. The van der Waals surface area contributed by atoms with Crippen LogP contribution in [0.1, 0.15) is 32.1 Å². The number of hydrogen-bond acceptors (Lipinski definition) is 5. The second-order valence-electron chi connectivity index (χ2n) is 6.90. The molecule has 2 aromatic rings. The first-order valence-corrected chi connectivity index (χ1v) is 10.4. The molecule has 7 nitrogen and oxygen atoms in total. The molecule has 0 unspecified atom stereocenters. The van der Waals surface area contributed by atoms with Gasteiger partial charge in [-0.1, -0.05) is 19.3 Å². The van der Waals surface area contributed by atoms with Gasteiger partial charge >= 0.3 is 5.76 Å². The largest absolute Gasteiger partial charge is 0.417 e. The van der Waals surface area contributed by atoms with Gasteiger partial charge in [0.05, 0.1) is 10.4 Å². The Labute approximate surface area is 146 Å². The zero-order valence-corrected chi connectivity index (χ0v) is 14.9. The SMILES string of the molecule is O=c1[nH]c2ccc(S(=O)(=O)N3CCN(C4CCCCC4)CC3)cc2o1. The number of piperazine rings is 1. The summed E-state index contributed by atoms with van der Waals surface area (Å²) in [7, 11) is -3.57. The Morgan fingerprint density at radius 2 is 1.76 bits per heavy atom. The predicted molar refractivity (Wildman–Crippen MR) is 94.0 cm³/mol. The van der Waals surface area contributed by atoms with E-state index < -0.39 is 15.8 Å². The van der Waals surface area contributed by atoms with E-state index in [4.69, 9.17) is 4.42 Å². The van der Waals surface area contributed by atoms with Gasteiger partial charge in [0.2, 0.25) is 10.0 Å². The minimum atomic E-state index is -3.57. The zero-order valence-electron chi connectivity index (χ0n) is 14.1. The van der Waals surface area contributed by atoms with Crippen LogP contribution < -0.4 is 5.76 Å². The van der Waals surface area contributed by atoms with E-state index in [2.05, 4.69) is 9.88 Å². The fourth-order valence-corrected chi connectivity index (χ4v) is 5.43. The number of rotatable bonds is 3. The monoisotopic (exact) mass is 365 g/mol. The van der Waals surface area contributed by atoms with Crippen molar-refractivity contribution in [3.63, 3.8) is 0 Å². The minimum Gasteiger partial charge on any atom is -0.408 e. The third-order valence-electron chi connectivity index (χ3n) is 5.39. The van der Waals surface area contributed by atoms with Crippen molar-refractivity contribution in [3.8, 4) is 0 Å². The first kappa shape index (κ1) is 16.8. The maximum atomic E-state index is 12.9. The first-order valence-electron chi connectivity index (χ1n) is 8.91. The maximum absolute atomic E-state index is 12.9. The van der Waals surface area contributed by atoms with Gasteiger partial charge in [-0.15, -0.1) is 0 Å². The molecule has 1 aliphatic heterocycles. The van der Waals surface area contributed by atoms with E-state index in [1.54, 1.807) is 6.07 Å². The van der Waals surface area contributed by atoms with Gasteiger partial charge in [0.15, 0.2) is 5.58 Å². The number of H-pyrrole nitrogens is 1. The highest BCUT2D eigenvalue weighted by atomic mass is 32.2. The molecule has 1 saturated carbocycles. The molecule has 1 N–H and O–H groups in total. The molecular formula is C17H23N3O4S. The molecule has 0 amide bonds. The van der Waals surface area contributed by atoms with E-state index >= 15 is 0 Å². The van der Waals surface area contributed by atoms with Gasteiger partial charge in [0, 0.05) is 38.3 Å². The summed E-state index contributed by atoms with van der Waals surface area (Å²) in [5.41, 5.74) is 0.776. The van der Waals surface area contributed by atoms with Crippen LogP contribution >= 0.6 is 0 Å². The average molecular weight is 365 g/mol. The fraction of sp³-hybridized carbons (Fsp3) is 0.588. The van der Waals surface area contributed by atoms with Gasteiger partial charge < -0.3 is 4.42 Å². The Morgan fingerprint density at radius 3 is 2.48 bits per heavy atom. The second kappa shape index (κ2) is 6.59. The van der Waals surface area contributed by atoms with Crippen molar-refractivity contribution in [1.29, 1.82) is 0 Å². The summed E-state index contributed by atoms with van der Waals surface area (Å²) in [5, 5.41) is 0. The van der Waals surface area contributed by atoms with E-state index in [1.165, 1.54) is 48.5 Å². The summed E-state index contributed by atoms with van der Waals surface area (Å²) in [6, 6.07) is 5.14. The van der Waals surface area contributed by atoms with Crippen LogP contribution in [-0.4, -0.2) is 54.8 Å². The number of nitrogens with zero attached hydrogens (tertiary/aromatic N) is 2. The van der Waals surface area contributed by atoms with E-state index in [9.17, 15) is 13.2 Å². The smallest absolute Gasteiger partial charge is 0.408 e. The number of fused-ring (bicyclic) bond motifs is 1. The number of hydrogen-bond donors (Lipinski definition) is 1. The number of sulfonamides is 1. The van der Waals surface area contributed by atoms with Crippen molar-refractivity contribution in [2.24, 2.45) is 0 Å². The van der Waals surface area contributed by atoms with Crippen LogP contribution in [0.5, 0.6) is 0 Å². The highest BCUT2D eigenvalue weighted by molar-refractivity contribution is 7.89. The molecule has 1 aromatic heterocycles. The quantitative estimate of drug-likeness (QED) is 0.896. The van der Waals surface area contributed by atoms with Crippen LogP contribution in [0.15, 0.2) is 32.3 Å². The van der Waals surface area contributed by atoms with Crippen molar-refractivity contribution < 1.29 is 12.8 Å². The minimum absolute atomic E-state index is 0.175. The molecule has 25 heavy (non-hydrogen) atoms. The van der Waals surface area contributed by atoms with Crippen LogP contribution in [0.3, 0.4) is 0 Å². The van der Waals surface area contributed by atoms with E-state index in [0.717, 1.165) is 13.1 Å². The van der Waals surface area contributed by atoms with Crippen molar-refractivity contribution >= 4 is 21.1 Å². The van der Waals surface area contributed by atoms with Gasteiger partial charge in [-0.25, -0.2) is 13.2 Å². The fourth-order valence-electron chi connectivity index (χ4n) is 3.99. The number of nitrogens with one attached hydrogen (secondary N) is 1. The van der Waals surface area contributed by atoms with E-state index in [-0.39, 0.29) is 10.5 Å². The summed E-state index contributed by atoms with van der Waals surface area (Å²) < 4.78 is 32.3. The molecule has 0 atom stereocenters. The van der Waals surface area contributed by atoms with Gasteiger partial charge in [-0.05, 0) is 25.0 Å². The Morgan fingerprint density at radius 1 is 1.04 bits per heavy atom. The Hall–Kier alpha value is -1.64. The van der Waals surface area contributed by atoms with Crippen LogP contribution in [0.25, 0.3) is 11.1 Å². The van der Waals surface area contributed by atoms with Crippen LogP contribution in [0, 0.1) is 0 Å². The number of oxazole rings is 1. The maximum Gasteiger partial charge on any atom is 0.417 e. The molecule has 2 heterocycles. The summed E-state index contributed by atoms with van der Waals surface area (Å²) in [5.74, 6) is -0.578. The van der Waals surface area contributed by atoms with Gasteiger partial charge in [0.1, 0.15) is 0 Å².